The Bertz CT molecular complexity index is 1240. The molecule has 8 nitrogen and oxygen atoms in total. The number of ether oxygens (including phenoxy) is 1. The second-order valence-electron chi connectivity index (χ2n) is 7.85. The molecule has 2 atom stereocenters. The predicted octanol–water partition coefficient (Wildman–Crippen LogP) is 2.68. The summed E-state index contributed by atoms with van der Waals surface area (Å²) in [7, 11) is -4.13. The Morgan fingerprint density at radius 3 is 2.71 bits per heavy atom. The Morgan fingerprint density at radius 2 is 2.00 bits per heavy atom. The van der Waals surface area contributed by atoms with Crippen LogP contribution < -0.4 is 14.8 Å². The van der Waals surface area contributed by atoms with Crippen LogP contribution in [0.4, 0.5) is 26.7 Å². The Balaban J connectivity index is 1.83. The van der Waals surface area contributed by atoms with Gasteiger partial charge in [0.05, 0.1) is 30.6 Å². The molecule has 1 aromatic carbocycles. The van der Waals surface area contributed by atoms with E-state index >= 15 is 4.39 Å². The molecule has 0 unspecified atom stereocenters. The summed E-state index contributed by atoms with van der Waals surface area (Å²) in [6.07, 6.45) is -0.523. The molecule has 14 heteroatoms. The van der Waals surface area contributed by atoms with E-state index in [4.69, 9.17) is 4.74 Å². The van der Waals surface area contributed by atoms with Crippen molar-refractivity contribution >= 4 is 16.1 Å². The number of nitrogens with one attached hydrogen (secondary N) is 2. The number of hydrogen-bond donors (Lipinski definition) is 2. The normalized spacial score (nSPS) is 22.1. The second-order valence-corrected chi connectivity index (χ2v) is 9.90. The van der Waals surface area contributed by atoms with Gasteiger partial charge in [0.25, 0.3) is 11.8 Å². The van der Waals surface area contributed by atoms with E-state index < -0.39 is 94.1 Å². The molecule has 4 rings (SSSR count). The predicted molar refractivity (Wildman–Crippen MR) is 108 cm³/mol. The first-order valence-corrected chi connectivity index (χ1v) is 11.8. The summed E-state index contributed by atoms with van der Waals surface area (Å²) < 4.78 is 105. The van der Waals surface area contributed by atoms with E-state index in [-0.39, 0.29) is 5.56 Å². The molecule has 1 aromatic heterocycles. The zero-order valence-electron chi connectivity index (χ0n) is 17.6. The van der Waals surface area contributed by atoms with Crippen molar-refractivity contribution in [1.82, 2.24) is 19.9 Å². The Hall–Kier alpha value is -3.00. The smallest absolute Gasteiger partial charge is 0.318 e. The van der Waals surface area contributed by atoms with Crippen molar-refractivity contribution in [1.29, 1.82) is 0 Å². The third-order valence-corrected chi connectivity index (χ3v) is 7.00. The molecule has 2 N–H and O–H groups in total. The number of rotatable bonds is 3. The van der Waals surface area contributed by atoms with E-state index in [1.165, 1.54) is 19.1 Å². The number of amides is 2. The molecule has 4 bridgehead atoms. The first-order chi connectivity index (χ1) is 15.9. The maximum atomic E-state index is 15.2. The molecule has 34 heavy (non-hydrogen) atoms. The van der Waals surface area contributed by atoms with Gasteiger partial charge in [-0.05, 0) is 25.0 Å². The van der Waals surface area contributed by atoms with Gasteiger partial charge in [-0.25, -0.2) is 44.9 Å². The molecule has 0 aliphatic carbocycles. The summed E-state index contributed by atoms with van der Waals surface area (Å²) in [5.41, 5.74) is -0.674. The van der Waals surface area contributed by atoms with Crippen LogP contribution in [-0.4, -0.2) is 54.6 Å². The number of alkyl halides is 2. The molecule has 3 heterocycles. The van der Waals surface area contributed by atoms with E-state index in [2.05, 4.69) is 10.3 Å². The summed E-state index contributed by atoms with van der Waals surface area (Å²) in [5.74, 6) is -8.88. The van der Waals surface area contributed by atoms with Crippen LogP contribution in [0.5, 0.6) is 11.6 Å². The monoisotopic (exact) mass is 506 g/mol. The average Bonchev–Trinajstić information content (AvgIpc) is 3.00. The van der Waals surface area contributed by atoms with Gasteiger partial charge in [-0.3, -0.25) is 0 Å². The average molecular weight is 506 g/mol. The van der Waals surface area contributed by atoms with Gasteiger partial charge in [-0.15, -0.1) is 0 Å². The number of aromatic nitrogens is 1. The van der Waals surface area contributed by atoms with E-state index in [9.17, 15) is 30.8 Å². The van der Waals surface area contributed by atoms with Crippen molar-refractivity contribution in [2.24, 2.45) is 0 Å². The number of carbonyl (C=O) groups excluding carboxylic acids is 1. The fourth-order valence-corrected chi connectivity index (χ4v) is 4.74. The Labute approximate surface area is 191 Å². The molecule has 1 fully saturated rings. The molecule has 0 radical (unpaired) electrons. The van der Waals surface area contributed by atoms with Gasteiger partial charge in [0.15, 0.2) is 17.4 Å². The van der Waals surface area contributed by atoms with Gasteiger partial charge >= 0.3 is 6.03 Å². The van der Waals surface area contributed by atoms with Crippen LogP contribution >= 0.6 is 0 Å². The third-order valence-electron chi connectivity index (χ3n) is 5.62. The number of nitrogens with zero attached hydrogens (tertiary/aromatic N) is 2. The number of pyridine rings is 1. The first kappa shape index (κ1) is 24.1. The first-order valence-electron chi connectivity index (χ1n) is 10.1. The number of urea groups is 1. The molecular weight excluding hydrogens is 487 g/mol. The number of carbonyl (C=O) groups is 1. The van der Waals surface area contributed by atoms with Crippen molar-refractivity contribution < 1.29 is 39.9 Å². The van der Waals surface area contributed by atoms with Crippen LogP contribution in [0, 0.1) is 17.5 Å². The van der Waals surface area contributed by atoms with Gasteiger partial charge in [0.1, 0.15) is 11.9 Å². The molecule has 184 valence electrons. The van der Waals surface area contributed by atoms with Crippen LogP contribution in [0.2, 0.25) is 0 Å². The minimum absolute atomic E-state index is 0.194. The van der Waals surface area contributed by atoms with Crippen molar-refractivity contribution in [3.05, 3.63) is 53.0 Å². The highest BCUT2D eigenvalue weighted by molar-refractivity contribution is 7.89. The number of sulfonamides is 1. The molecule has 2 aromatic rings. The highest BCUT2D eigenvalue weighted by atomic mass is 32.2. The number of benzene rings is 1. The van der Waals surface area contributed by atoms with Gasteiger partial charge < -0.3 is 15.0 Å². The van der Waals surface area contributed by atoms with Gasteiger partial charge in [0, 0.05) is 6.07 Å². The summed E-state index contributed by atoms with van der Waals surface area (Å²) in [5, 5.41) is 2.22. The number of hydrogen-bond acceptors (Lipinski definition) is 5. The lowest BCUT2D eigenvalue weighted by molar-refractivity contribution is -0.00457. The molecule has 0 spiro atoms. The van der Waals surface area contributed by atoms with Crippen LogP contribution in [0.15, 0.2) is 24.3 Å². The maximum Gasteiger partial charge on any atom is 0.318 e. The van der Waals surface area contributed by atoms with Crippen molar-refractivity contribution in [2.45, 2.75) is 37.9 Å². The zero-order valence-corrected chi connectivity index (χ0v) is 18.4. The Morgan fingerprint density at radius 1 is 1.26 bits per heavy atom. The lowest BCUT2D eigenvalue weighted by Crippen LogP contribution is -2.53. The maximum absolute atomic E-state index is 15.2. The molecular formula is C20H19F5N4O4S. The lowest BCUT2D eigenvalue weighted by Gasteiger charge is -2.28. The second kappa shape index (κ2) is 8.65. The summed E-state index contributed by atoms with van der Waals surface area (Å²) in [6, 6.07) is -0.562. The van der Waals surface area contributed by atoms with E-state index in [0.717, 1.165) is 6.07 Å². The summed E-state index contributed by atoms with van der Waals surface area (Å²) >= 11 is 0. The van der Waals surface area contributed by atoms with Crippen LogP contribution in [0.3, 0.4) is 0 Å². The van der Waals surface area contributed by atoms with Crippen LogP contribution in [0.25, 0.3) is 0 Å². The number of fused-ring (bicyclic) bond motifs is 5. The van der Waals surface area contributed by atoms with Gasteiger partial charge in [0.2, 0.25) is 10.0 Å². The van der Waals surface area contributed by atoms with Gasteiger partial charge in [-0.2, -0.15) is 0 Å². The minimum Gasteiger partial charge on any atom is -0.433 e. The largest absolute Gasteiger partial charge is 0.433 e. The highest BCUT2D eigenvalue weighted by Gasteiger charge is 2.57. The van der Waals surface area contributed by atoms with Crippen molar-refractivity contribution in [3.8, 4) is 11.6 Å². The van der Waals surface area contributed by atoms with E-state index in [1.54, 1.807) is 0 Å². The van der Waals surface area contributed by atoms with Crippen molar-refractivity contribution in [2.75, 3.05) is 12.3 Å². The fourth-order valence-electron chi connectivity index (χ4n) is 3.86. The highest BCUT2D eigenvalue weighted by Crippen LogP contribution is 2.37. The quantitative estimate of drug-likeness (QED) is 0.624. The van der Waals surface area contributed by atoms with Crippen LogP contribution in [0.1, 0.15) is 18.2 Å². The lowest BCUT2D eigenvalue weighted by atomic mass is 9.98. The topological polar surface area (TPSA) is 101 Å². The number of halogens is 5. The van der Waals surface area contributed by atoms with Crippen molar-refractivity contribution in [3.63, 3.8) is 0 Å². The van der Waals surface area contributed by atoms with Gasteiger partial charge in [-0.1, -0.05) is 12.1 Å². The summed E-state index contributed by atoms with van der Waals surface area (Å²) in [6.45, 7) is -0.552. The molecule has 1 saturated heterocycles. The molecule has 2 aliphatic rings. The molecule has 0 saturated carbocycles. The summed E-state index contributed by atoms with van der Waals surface area (Å²) in [4.78, 5) is 17.1. The Kier molecular flexibility index (Phi) is 6.14. The fraction of sp³-hybridized carbons (Fsp3) is 0.400. The SMILES string of the molecule is CCS(=O)(=O)N[C@@H]1[C@@H]2Cc3cccc(c3F)Oc3nc(c(F)cc3F)CNC(=O)N2CC1(F)F. The minimum atomic E-state index is -4.13. The third kappa shape index (κ3) is 4.51. The standard InChI is InChI=1S/C20H19F5N4O4S/c1-2-34(31,32)28-17-14-6-10-4-3-5-15(16(10)23)33-18-12(22)7-11(21)13(27-18)8-26-19(30)29(14)9-20(17,24)25/h3-5,7,14,17,28H,2,6,8-9H2,1H3,(H,26,30)/t14-,17+/m0/s1. The van der Waals surface area contributed by atoms with E-state index in [1.807, 2.05) is 4.72 Å². The van der Waals surface area contributed by atoms with E-state index in [0.29, 0.717) is 11.0 Å². The molecule has 2 amide bonds. The van der Waals surface area contributed by atoms with Crippen LogP contribution in [-0.2, 0) is 23.0 Å². The zero-order chi connectivity index (χ0) is 24.8. The molecule has 2 aliphatic heterocycles.